The molecule has 2 amide bonds. The maximum absolute atomic E-state index is 14.2. The number of aromatic nitrogens is 4. The highest BCUT2D eigenvalue weighted by Gasteiger charge is 2.26. The monoisotopic (exact) mass is 593 g/mol. The summed E-state index contributed by atoms with van der Waals surface area (Å²) in [6.45, 7) is 8.52. The van der Waals surface area contributed by atoms with E-state index in [9.17, 15) is 18.4 Å². The Kier molecular flexibility index (Phi) is 8.53. The van der Waals surface area contributed by atoms with Gasteiger partial charge in [0.2, 0.25) is 11.9 Å². The van der Waals surface area contributed by atoms with Crippen LogP contribution in [0.1, 0.15) is 39.9 Å². The zero-order valence-electron chi connectivity index (χ0n) is 24.3. The lowest BCUT2D eigenvalue weighted by Crippen LogP contribution is -2.44. The Morgan fingerprint density at radius 3 is 2.53 bits per heavy atom. The van der Waals surface area contributed by atoms with Crippen LogP contribution >= 0.6 is 0 Å². The Balaban J connectivity index is 1.45. The molecule has 5 rings (SSSR count). The molecule has 11 nitrogen and oxygen atoms in total. The van der Waals surface area contributed by atoms with Crippen LogP contribution in [0.25, 0.3) is 28.2 Å². The zero-order valence-corrected chi connectivity index (χ0v) is 24.3. The highest BCUT2D eigenvalue weighted by Crippen LogP contribution is 2.31. The van der Waals surface area contributed by atoms with Crippen LogP contribution in [-0.4, -0.2) is 69.5 Å². The van der Waals surface area contributed by atoms with Gasteiger partial charge in [0, 0.05) is 23.9 Å². The molecule has 2 aromatic carbocycles. The van der Waals surface area contributed by atoms with Crippen molar-refractivity contribution < 1.29 is 27.8 Å². The van der Waals surface area contributed by atoms with Crippen molar-refractivity contribution in [1.29, 1.82) is 0 Å². The zero-order chi connectivity index (χ0) is 30.7. The van der Waals surface area contributed by atoms with E-state index in [-0.39, 0.29) is 18.5 Å². The quantitative estimate of drug-likeness (QED) is 0.303. The van der Waals surface area contributed by atoms with Gasteiger partial charge in [-0.3, -0.25) is 9.36 Å². The van der Waals surface area contributed by atoms with Crippen LogP contribution in [0, 0.1) is 0 Å². The van der Waals surface area contributed by atoms with Crippen molar-refractivity contribution in [3.8, 4) is 17.2 Å². The number of rotatable bonds is 7. The van der Waals surface area contributed by atoms with Crippen molar-refractivity contribution in [3.05, 3.63) is 60.4 Å². The molecule has 0 aliphatic carbocycles. The maximum atomic E-state index is 14.2. The number of benzene rings is 2. The summed E-state index contributed by atoms with van der Waals surface area (Å²) >= 11 is 0. The summed E-state index contributed by atoms with van der Waals surface area (Å²) in [4.78, 5) is 39.9. The van der Waals surface area contributed by atoms with Gasteiger partial charge in [0.1, 0.15) is 18.0 Å². The first-order valence-corrected chi connectivity index (χ1v) is 13.8. The van der Waals surface area contributed by atoms with Gasteiger partial charge >= 0.3 is 6.09 Å². The number of nitrogens with one attached hydrogen (secondary N) is 2. The number of hydrogen-bond donors (Lipinski definition) is 2. The minimum absolute atomic E-state index is 0.00493. The van der Waals surface area contributed by atoms with Gasteiger partial charge in [-0.2, -0.15) is 4.98 Å². The fourth-order valence-electron chi connectivity index (χ4n) is 4.68. The fraction of sp³-hybridized carbons (Fsp3) is 0.367. The second-order valence-corrected chi connectivity index (χ2v) is 11.1. The molecule has 3 heterocycles. The molecule has 0 unspecified atom stereocenters. The summed E-state index contributed by atoms with van der Waals surface area (Å²) in [5.74, 6) is -0.240. The number of nitrogens with zero attached hydrogens (tertiary/aromatic N) is 5. The Morgan fingerprint density at radius 2 is 1.84 bits per heavy atom. The van der Waals surface area contributed by atoms with E-state index in [1.54, 1.807) is 69.3 Å². The summed E-state index contributed by atoms with van der Waals surface area (Å²) < 4.78 is 40.4. The molecular formula is C30H33F2N7O4. The van der Waals surface area contributed by atoms with E-state index in [2.05, 4.69) is 20.5 Å². The number of morpholine rings is 1. The Hall–Kier alpha value is -4.65. The highest BCUT2D eigenvalue weighted by molar-refractivity contribution is 5.94. The predicted octanol–water partition coefficient (Wildman–Crippen LogP) is 5.11. The molecule has 1 aliphatic heterocycles. The van der Waals surface area contributed by atoms with Crippen LogP contribution in [0.2, 0.25) is 0 Å². The average molecular weight is 594 g/mol. The fourth-order valence-corrected chi connectivity index (χ4v) is 4.68. The molecule has 4 aromatic rings. The van der Waals surface area contributed by atoms with Gasteiger partial charge in [-0.15, -0.1) is 0 Å². The van der Waals surface area contributed by atoms with Crippen molar-refractivity contribution in [3.63, 3.8) is 0 Å². The minimum atomic E-state index is -2.85. The Morgan fingerprint density at radius 1 is 1.09 bits per heavy atom. The Bertz CT molecular complexity index is 1620. The van der Waals surface area contributed by atoms with Crippen molar-refractivity contribution in [2.45, 2.75) is 45.8 Å². The summed E-state index contributed by atoms with van der Waals surface area (Å²) in [6.07, 6.45) is -3.54. The van der Waals surface area contributed by atoms with Gasteiger partial charge in [0.25, 0.3) is 6.43 Å². The van der Waals surface area contributed by atoms with Gasteiger partial charge in [0.05, 0.1) is 36.0 Å². The second-order valence-electron chi connectivity index (χ2n) is 11.1. The number of alkyl halides is 2. The van der Waals surface area contributed by atoms with Crippen molar-refractivity contribution in [2.24, 2.45) is 0 Å². The number of anilines is 2. The summed E-state index contributed by atoms with van der Waals surface area (Å²) in [7, 11) is 0. The number of hydrogen-bond acceptors (Lipinski definition) is 8. The van der Waals surface area contributed by atoms with Crippen LogP contribution in [0.5, 0.6) is 0 Å². The van der Waals surface area contributed by atoms with Gasteiger partial charge < -0.3 is 25.0 Å². The lowest BCUT2D eigenvalue weighted by molar-refractivity contribution is -0.115. The number of alkyl carbamates (subject to hydrolysis) is 1. The van der Waals surface area contributed by atoms with E-state index in [4.69, 9.17) is 19.4 Å². The molecule has 0 radical (unpaired) electrons. The molecular weight excluding hydrogens is 560 g/mol. The SMILES string of the molecule is C[C@H]1COCCN1c1cc(-c2ccc(NC(=O)CNC(=O)OC(C)(C)C)cc2)nc(-n2c(C(F)F)nc3ccccc32)n1. The van der Waals surface area contributed by atoms with Crippen LogP contribution in [0.4, 0.5) is 25.1 Å². The van der Waals surface area contributed by atoms with Crippen LogP contribution < -0.4 is 15.5 Å². The molecule has 2 aromatic heterocycles. The number of carbonyl (C=O) groups excluding carboxylic acids is 2. The lowest BCUT2D eigenvalue weighted by atomic mass is 10.1. The normalized spacial score (nSPS) is 15.5. The molecule has 13 heteroatoms. The summed E-state index contributed by atoms with van der Waals surface area (Å²) in [6, 6.07) is 15.6. The first-order valence-electron chi connectivity index (χ1n) is 13.8. The molecule has 0 saturated carbocycles. The molecule has 2 N–H and O–H groups in total. The van der Waals surface area contributed by atoms with Gasteiger partial charge in [-0.1, -0.05) is 24.3 Å². The second kappa shape index (κ2) is 12.3. The van der Waals surface area contributed by atoms with Gasteiger partial charge in [-0.25, -0.2) is 23.5 Å². The van der Waals surface area contributed by atoms with Crippen LogP contribution in [0.15, 0.2) is 54.6 Å². The first-order chi connectivity index (χ1) is 20.5. The number of carbonyl (C=O) groups is 2. The average Bonchev–Trinajstić information content (AvgIpc) is 3.36. The topological polar surface area (TPSA) is 124 Å². The summed E-state index contributed by atoms with van der Waals surface area (Å²) in [5.41, 5.74) is 1.88. The van der Waals surface area contributed by atoms with Crippen molar-refractivity contribution >= 4 is 34.5 Å². The largest absolute Gasteiger partial charge is 0.444 e. The van der Waals surface area contributed by atoms with E-state index in [1.165, 1.54) is 4.57 Å². The van der Waals surface area contributed by atoms with E-state index in [0.29, 0.717) is 53.6 Å². The molecule has 1 aliphatic rings. The maximum Gasteiger partial charge on any atom is 0.408 e. The third kappa shape index (κ3) is 7.05. The number of amides is 2. The Labute approximate surface area is 247 Å². The van der Waals surface area contributed by atoms with E-state index in [1.807, 2.05) is 13.0 Å². The number of halogens is 2. The van der Waals surface area contributed by atoms with E-state index >= 15 is 0 Å². The standard InChI is InChI=1S/C30H33F2N7O4/c1-18-17-42-14-13-38(18)24-15-22(36-28(37-24)39-23-8-6-5-7-21(23)35-27(39)26(31)32)19-9-11-20(12-10-19)34-25(40)16-33-29(41)43-30(2,3)4/h5-12,15,18,26H,13-14,16-17H2,1-4H3,(H,33,41)(H,34,40)/t18-/m0/s1. The van der Waals surface area contributed by atoms with Crippen molar-refractivity contribution in [1.82, 2.24) is 24.8 Å². The molecule has 1 fully saturated rings. The highest BCUT2D eigenvalue weighted by atomic mass is 19.3. The molecule has 0 spiro atoms. The van der Waals surface area contributed by atoms with Gasteiger partial charge in [0.15, 0.2) is 5.82 Å². The number of fused-ring (bicyclic) bond motifs is 1. The van der Waals surface area contributed by atoms with E-state index < -0.39 is 29.9 Å². The van der Waals surface area contributed by atoms with E-state index in [0.717, 1.165) is 0 Å². The molecule has 226 valence electrons. The lowest BCUT2D eigenvalue weighted by Gasteiger charge is -2.34. The van der Waals surface area contributed by atoms with Crippen LogP contribution in [0.3, 0.4) is 0 Å². The van der Waals surface area contributed by atoms with Crippen molar-refractivity contribution in [2.75, 3.05) is 36.5 Å². The molecule has 43 heavy (non-hydrogen) atoms. The third-order valence-electron chi connectivity index (χ3n) is 6.60. The minimum Gasteiger partial charge on any atom is -0.444 e. The number of ether oxygens (including phenoxy) is 2. The first kappa shape index (κ1) is 29.8. The van der Waals surface area contributed by atoms with Crippen LogP contribution in [-0.2, 0) is 14.3 Å². The smallest absolute Gasteiger partial charge is 0.408 e. The number of para-hydroxylation sites is 2. The predicted molar refractivity (Wildman–Crippen MR) is 158 cm³/mol. The molecule has 1 atom stereocenters. The number of imidazole rings is 1. The molecule has 1 saturated heterocycles. The summed E-state index contributed by atoms with van der Waals surface area (Å²) in [5, 5.41) is 5.14. The molecule has 0 bridgehead atoms. The van der Waals surface area contributed by atoms with Gasteiger partial charge in [-0.05, 0) is 52.0 Å². The third-order valence-corrected chi connectivity index (χ3v) is 6.60.